The zero-order valence-corrected chi connectivity index (χ0v) is 12.9. The van der Waals surface area contributed by atoms with Crippen LogP contribution in [-0.2, 0) is 0 Å². The molecule has 0 aliphatic carbocycles. The highest BCUT2D eigenvalue weighted by molar-refractivity contribution is 5.16. The third-order valence-electron chi connectivity index (χ3n) is 4.44. The van der Waals surface area contributed by atoms with Crippen LogP contribution < -0.4 is 5.73 Å². The number of unbranched alkanes of at least 4 members (excludes halogenated alkanes) is 1. The standard InChI is InChI=1S/C18H24N4/c19-11-3-6-14-22-17(15-7-1-4-12-20-15)9-10-18(22)16-8-2-5-13-21-16/h1-2,4-5,7-8,12-13,17-18H,3,6,9-11,14,19H2/t17-,18+. The SMILES string of the molecule is NCCCCN1[C@@H](c2ccccn2)CC[C@H]1c1ccccn1. The number of hydrogen-bond donors (Lipinski definition) is 1. The maximum absolute atomic E-state index is 5.66. The van der Waals surface area contributed by atoms with E-state index in [4.69, 9.17) is 5.73 Å². The zero-order valence-electron chi connectivity index (χ0n) is 12.9. The summed E-state index contributed by atoms with van der Waals surface area (Å²) in [5.74, 6) is 0. The summed E-state index contributed by atoms with van der Waals surface area (Å²) in [6, 6.07) is 13.2. The number of nitrogens with two attached hydrogens (primary N) is 1. The highest BCUT2D eigenvalue weighted by Crippen LogP contribution is 2.42. The van der Waals surface area contributed by atoms with Gasteiger partial charge in [0.05, 0.1) is 23.5 Å². The van der Waals surface area contributed by atoms with Crippen LogP contribution >= 0.6 is 0 Å². The Morgan fingerprint density at radius 3 is 1.95 bits per heavy atom. The van der Waals surface area contributed by atoms with Crippen LogP contribution in [0.15, 0.2) is 48.8 Å². The molecule has 1 fully saturated rings. The minimum absolute atomic E-state index is 0.394. The van der Waals surface area contributed by atoms with Crippen LogP contribution in [-0.4, -0.2) is 28.0 Å². The van der Waals surface area contributed by atoms with Crippen molar-refractivity contribution in [1.82, 2.24) is 14.9 Å². The van der Waals surface area contributed by atoms with Crippen LogP contribution in [0.5, 0.6) is 0 Å². The summed E-state index contributed by atoms with van der Waals surface area (Å²) in [4.78, 5) is 11.7. The Bertz CT molecular complexity index is 510. The van der Waals surface area contributed by atoms with Crippen molar-refractivity contribution >= 4 is 0 Å². The van der Waals surface area contributed by atoms with Crippen molar-refractivity contribution in [1.29, 1.82) is 0 Å². The molecule has 1 saturated heterocycles. The third kappa shape index (κ3) is 3.34. The Morgan fingerprint density at radius 2 is 1.50 bits per heavy atom. The Hall–Kier alpha value is -1.78. The van der Waals surface area contributed by atoms with Crippen LogP contribution in [0.2, 0.25) is 0 Å². The van der Waals surface area contributed by atoms with Gasteiger partial charge in [-0.3, -0.25) is 14.9 Å². The maximum Gasteiger partial charge on any atom is 0.0575 e. The molecule has 2 aromatic rings. The van der Waals surface area contributed by atoms with Crippen LogP contribution in [0.25, 0.3) is 0 Å². The largest absolute Gasteiger partial charge is 0.330 e. The van der Waals surface area contributed by atoms with Gasteiger partial charge in [-0.1, -0.05) is 12.1 Å². The number of aromatic nitrogens is 2. The summed E-state index contributed by atoms with van der Waals surface area (Å²) in [5, 5.41) is 0. The Morgan fingerprint density at radius 1 is 0.909 bits per heavy atom. The van der Waals surface area contributed by atoms with Gasteiger partial charge in [0, 0.05) is 12.4 Å². The van der Waals surface area contributed by atoms with Crippen molar-refractivity contribution in [3.8, 4) is 0 Å². The van der Waals surface area contributed by atoms with E-state index < -0.39 is 0 Å². The minimum atomic E-state index is 0.394. The molecule has 2 atom stereocenters. The van der Waals surface area contributed by atoms with E-state index in [-0.39, 0.29) is 0 Å². The van der Waals surface area contributed by atoms with Gasteiger partial charge in [0.1, 0.15) is 0 Å². The first-order chi connectivity index (χ1) is 10.9. The fourth-order valence-corrected chi connectivity index (χ4v) is 3.40. The van der Waals surface area contributed by atoms with Crippen LogP contribution in [0, 0.1) is 0 Å². The van der Waals surface area contributed by atoms with Gasteiger partial charge in [-0.05, 0) is 63.0 Å². The monoisotopic (exact) mass is 296 g/mol. The Kier molecular flexibility index (Phi) is 5.14. The number of likely N-dealkylation sites (tertiary alicyclic amines) is 1. The normalized spacial score (nSPS) is 22.0. The molecule has 3 rings (SSSR count). The molecule has 0 amide bonds. The summed E-state index contributed by atoms with van der Waals surface area (Å²) < 4.78 is 0. The molecule has 4 nitrogen and oxygen atoms in total. The zero-order chi connectivity index (χ0) is 15.2. The number of pyridine rings is 2. The second-order valence-corrected chi connectivity index (χ2v) is 5.85. The number of nitrogens with zero attached hydrogens (tertiary/aromatic N) is 3. The fraction of sp³-hybridized carbons (Fsp3) is 0.444. The van der Waals surface area contributed by atoms with E-state index in [1.54, 1.807) is 0 Å². The second kappa shape index (κ2) is 7.47. The van der Waals surface area contributed by atoms with Crippen molar-refractivity contribution in [2.75, 3.05) is 13.1 Å². The van der Waals surface area contributed by atoms with Gasteiger partial charge in [-0.2, -0.15) is 0 Å². The summed E-state index contributed by atoms with van der Waals surface area (Å²) in [5.41, 5.74) is 8.01. The molecule has 1 aliphatic heterocycles. The van der Waals surface area contributed by atoms with Gasteiger partial charge >= 0.3 is 0 Å². The third-order valence-corrected chi connectivity index (χ3v) is 4.44. The minimum Gasteiger partial charge on any atom is -0.330 e. The van der Waals surface area contributed by atoms with Gasteiger partial charge in [-0.15, -0.1) is 0 Å². The molecule has 22 heavy (non-hydrogen) atoms. The molecule has 2 N–H and O–H groups in total. The molecular formula is C18H24N4. The van der Waals surface area contributed by atoms with Crippen molar-refractivity contribution in [3.63, 3.8) is 0 Å². The molecule has 0 bridgehead atoms. The maximum atomic E-state index is 5.66. The molecule has 0 saturated carbocycles. The summed E-state index contributed by atoms with van der Waals surface area (Å²) in [6.45, 7) is 1.82. The Labute approximate surface area is 132 Å². The van der Waals surface area contributed by atoms with Gasteiger partial charge in [0.2, 0.25) is 0 Å². The first kappa shape index (κ1) is 15.1. The van der Waals surface area contributed by atoms with Crippen LogP contribution in [0.4, 0.5) is 0 Å². The van der Waals surface area contributed by atoms with Crippen molar-refractivity contribution in [2.24, 2.45) is 5.73 Å². The molecule has 0 unspecified atom stereocenters. The molecule has 3 heterocycles. The second-order valence-electron chi connectivity index (χ2n) is 5.85. The van der Waals surface area contributed by atoms with E-state index in [1.807, 2.05) is 24.5 Å². The molecule has 4 heteroatoms. The fourth-order valence-electron chi connectivity index (χ4n) is 3.40. The lowest BCUT2D eigenvalue weighted by Crippen LogP contribution is -2.28. The predicted molar refractivity (Wildman–Crippen MR) is 88.2 cm³/mol. The molecular weight excluding hydrogens is 272 g/mol. The molecule has 0 aromatic carbocycles. The van der Waals surface area contributed by atoms with Crippen LogP contribution in [0.3, 0.4) is 0 Å². The molecule has 0 radical (unpaired) electrons. The highest BCUT2D eigenvalue weighted by Gasteiger charge is 2.35. The lowest BCUT2D eigenvalue weighted by Gasteiger charge is -2.29. The van der Waals surface area contributed by atoms with E-state index in [1.165, 1.54) is 11.4 Å². The smallest absolute Gasteiger partial charge is 0.0575 e. The molecule has 0 spiro atoms. The lowest BCUT2D eigenvalue weighted by molar-refractivity contribution is 0.185. The molecule has 1 aliphatic rings. The first-order valence-corrected chi connectivity index (χ1v) is 8.18. The van der Waals surface area contributed by atoms with Gasteiger partial charge in [0.15, 0.2) is 0 Å². The van der Waals surface area contributed by atoms with Crippen molar-refractivity contribution in [3.05, 3.63) is 60.2 Å². The highest BCUT2D eigenvalue weighted by atomic mass is 15.2. The van der Waals surface area contributed by atoms with E-state index >= 15 is 0 Å². The van der Waals surface area contributed by atoms with E-state index in [9.17, 15) is 0 Å². The predicted octanol–water partition coefficient (Wildman–Crippen LogP) is 3.09. The van der Waals surface area contributed by atoms with E-state index in [0.717, 1.165) is 38.8 Å². The molecule has 2 aromatic heterocycles. The number of rotatable bonds is 6. The first-order valence-electron chi connectivity index (χ1n) is 8.18. The van der Waals surface area contributed by atoms with E-state index in [0.29, 0.717) is 12.1 Å². The van der Waals surface area contributed by atoms with Crippen molar-refractivity contribution < 1.29 is 0 Å². The van der Waals surface area contributed by atoms with Gasteiger partial charge in [0.25, 0.3) is 0 Å². The summed E-state index contributed by atoms with van der Waals surface area (Å²) >= 11 is 0. The van der Waals surface area contributed by atoms with Gasteiger partial charge in [-0.25, -0.2) is 0 Å². The van der Waals surface area contributed by atoms with Gasteiger partial charge < -0.3 is 5.73 Å². The Balaban J connectivity index is 1.81. The van der Waals surface area contributed by atoms with Crippen molar-refractivity contribution in [2.45, 2.75) is 37.8 Å². The average molecular weight is 296 g/mol. The number of hydrogen-bond acceptors (Lipinski definition) is 4. The van der Waals surface area contributed by atoms with E-state index in [2.05, 4.69) is 39.1 Å². The summed E-state index contributed by atoms with van der Waals surface area (Å²) in [7, 11) is 0. The lowest BCUT2D eigenvalue weighted by atomic mass is 10.1. The quantitative estimate of drug-likeness (QED) is 0.832. The topological polar surface area (TPSA) is 55.0 Å². The molecule has 116 valence electrons. The van der Waals surface area contributed by atoms with Crippen LogP contribution in [0.1, 0.15) is 49.2 Å². The average Bonchev–Trinajstić information content (AvgIpc) is 3.01. The summed E-state index contributed by atoms with van der Waals surface area (Å²) in [6.07, 6.45) is 8.26.